The van der Waals surface area contributed by atoms with E-state index in [0.29, 0.717) is 6.04 Å². The first-order valence-electron chi connectivity index (χ1n) is 3.80. The van der Waals surface area contributed by atoms with Crippen molar-refractivity contribution >= 4 is 0 Å². The van der Waals surface area contributed by atoms with Crippen LogP contribution in [0, 0.1) is 0 Å². The van der Waals surface area contributed by atoms with Gasteiger partial charge in [0, 0.05) is 13.1 Å². The smallest absolute Gasteiger partial charge is 0.125 e. The Morgan fingerprint density at radius 3 is 2.90 bits per heavy atom. The maximum absolute atomic E-state index is 5.42. The molecule has 2 heterocycles. The Hall–Kier alpha value is -0.160. The fourth-order valence-corrected chi connectivity index (χ4v) is 1.43. The summed E-state index contributed by atoms with van der Waals surface area (Å²) in [5, 5.41) is 3.27. The maximum atomic E-state index is 5.42. The van der Waals surface area contributed by atoms with Crippen LogP contribution in [0.2, 0.25) is 0 Å². The largest absolute Gasteiger partial charge is 0.360 e. The molecule has 0 aliphatic carbocycles. The molecule has 2 aliphatic heterocycles. The third-order valence-corrected chi connectivity index (χ3v) is 1.98. The molecule has 0 aromatic rings. The minimum absolute atomic E-state index is 0.231. The molecule has 0 aromatic heterocycles. The second kappa shape index (κ2) is 2.84. The van der Waals surface area contributed by atoms with Crippen LogP contribution in [0.25, 0.3) is 0 Å². The van der Waals surface area contributed by atoms with Crippen LogP contribution >= 0.6 is 0 Å². The zero-order valence-corrected chi connectivity index (χ0v) is 5.89. The molecule has 0 bridgehead atoms. The van der Waals surface area contributed by atoms with Crippen LogP contribution in [0.1, 0.15) is 6.42 Å². The first-order valence-corrected chi connectivity index (χ1v) is 3.80. The lowest BCUT2D eigenvalue weighted by atomic mass is 10.2. The summed E-state index contributed by atoms with van der Waals surface area (Å²) < 4.78 is 5.42. The predicted molar refractivity (Wildman–Crippen MR) is 37.3 cm³/mol. The van der Waals surface area contributed by atoms with Crippen molar-refractivity contribution < 1.29 is 4.74 Å². The number of nitrogens with one attached hydrogen (secondary N) is 3. The standard InChI is InChI=1S/C6H13N3O/c1-2-8-9-5(1)6-7-3-4-10-6/h5-9H,1-4H2. The van der Waals surface area contributed by atoms with Gasteiger partial charge in [0.15, 0.2) is 0 Å². The summed E-state index contributed by atoms with van der Waals surface area (Å²) in [5.74, 6) is 0. The molecule has 58 valence electrons. The van der Waals surface area contributed by atoms with Gasteiger partial charge < -0.3 is 4.74 Å². The van der Waals surface area contributed by atoms with E-state index in [1.54, 1.807) is 0 Å². The molecule has 4 heteroatoms. The Labute approximate surface area is 60.3 Å². The van der Waals surface area contributed by atoms with Crippen LogP contribution in [0.15, 0.2) is 0 Å². The molecule has 0 amide bonds. The number of hydrogen-bond donors (Lipinski definition) is 3. The van der Waals surface area contributed by atoms with E-state index in [1.807, 2.05) is 0 Å². The lowest BCUT2D eigenvalue weighted by molar-refractivity contribution is 0.0723. The Morgan fingerprint density at radius 1 is 1.30 bits per heavy atom. The van der Waals surface area contributed by atoms with Crippen LogP contribution in [0.5, 0.6) is 0 Å². The van der Waals surface area contributed by atoms with Crippen molar-refractivity contribution in [2.75, 3.05) is 19.7 Å². The van der Waals surface area contributed by atoms with Gasteiger partial charge in [0.2, 0.25) is 0 Å². The Morgan fingerprint density at radius 2 is 2.30 bits per heavy atom. The highest BCUT2D eigenvalue weighted by Crippen LogP contribution is 2.06. The topological polar surface area (TPSA) is 45.3 Å². The quantitative estimate of drug-likeness (QED) is 0.431. The van der Waals surface area contributed by atoms with Crippen molar-refractivity contribution in [3.05, 3.63) is 0 Å². The van der Waals surface area contributed by atoms with Crippen LogP contribution in [0.3, 0.4) is 0 Å². The van der Waals surface area contributed by atoms with E-state index in [9.17, 15) is 0 Å². The molecule has 2 rings (SSSR count). The van der Waals surface area contributed by atoms with Crippen LogP contribution in [-0.4, -0.2) is 32.0 Å². The molecule has 0 aromatic carbocycles. The molecule has 0 radical (unpaired) electrons. The zero-order chi connectivity index (χ0) is 6.81. The minimum atomic E-state index is 0.231. The summed E-state index contributed by atoms with van der Waals surface area (Å²) in [6.07, 6.45) is 1.38. The first-order chi connectivity index (χ1) is 4.97. The van der Waals surface area contributed by atoms with Gasteiger partial charge in [-0.15, -0.1) is 0 Å². The van der Waals surface area contributed by atoms with Gasteiger partial charge in [-0.2, -0.15) is 0 Å². The minimum Gasteiger partial charge on any atom is -0.360 e. The summed E-state index contributed by atoms with van der Waals surface area (Å²) in [4.78, 5) is 0. The Kier molecular flexibility index (Phi) is 1.86. The van der Waals surface area contributed by atoms with Gasteiger partial charge in [-0.25, -0.2) is 0 Å². The molecular formula is C6H13N3O. The molecule has 2 unspecified atom stereocenters. The maximum Gasteiger partial charge on any atom is 0.125 e. The van der Waals surface area contributed by atoms with E-state index >= 15 is 0 Å². The number of rotatable bonds is 1. The predicted octanol–water partition coefficient (Wildman–Crippen LogP) is -1.20. The summed E-state index contributed by atoms with van der Waals surface area (Å²) in [7, 11) is 0. The summed E-state index contributed by atoms with van der Waals surface area (Å²) in [6, 6.07) is 0.461. The van der Waals surface area contributed by atoms with Gasteiger partial charge in [0.1, 0.15) is 6.23 Å². The van der Waals surface area contributed by atoms with Crippen molar-refractivity contribution in [1.82, 2.24) is 16.2 Å². The van der Waals surface area contributed by atoms with Crippen LogP contribution < -0.4 is 16.2 Å². The Bertz CT molecular complexity index is 93.6. The van der Waals surface area contributed by atoms with Gasteiger partial charge in [0.25, 0.3) is 0 Å². The summed E-state index contributed by atoms with van der Waals surface area (Å²) >= 11 is 0. The highest BCUT2D eigenvalue weighted by molar-refractivity contribution is 4.81. The normalized spacial score (nSPS) is 40.8. The van der Waals surface area contributed by atoms with E-state index in [4.69, 9.17) is 4.74 Å². The van der Waals surface area contributed by atoms with Crippen LogP contribution in [-0.2, 0) is 4.74 Å². The van der Waals surface area contributed by atoms with E-state index in [1.165, 1.54) is 0 Å². The van der Waals surface area contributed by atoms with Crippen molar-refractivity contribution in [2.24, 2.45) is 0 Å². The average Bonchev–Trinajstić information content (AvgIpc) is 2.59. The number of hydrogen-bond acceptors (Lipinski definition) is 4. The molecule has 2 atom stereocenters. The Balaban J connectivity index is 1.85. The molecule has 4 nitrogen and oxygen atoms in total. The zero-order valence-electron chi connectivity index (χ0n) is 5.89. The lowest BCUT2D eigenvalue weighted by Crippen LogP contribution is -2.44. The second-order valence-corrected chi connectivity index (χ2v) is 2.71. The van der Waals surface area contributed by atoms with Crippen molar-refractivity contribution in [1.29, 1.82) is 0 Å². The molecular weight excluding hydrogens is 130 g/mol. The fourth-order valence-electron chi connectivity index (χ4n) is 1.43. The van der Waals surface area contributed by atoms with E-state index in [0.717, 1.165) is 26.1 Å². The molecule has 0 spiro atoms. The van der Waals surface area contributed by atoms with Gasteiger partial charge in [-0.3, -0.25) is 16.2 Å². The molecule has 10 heavy (non-hydrogen) atoms. The second-order valence-electron chi connectivity index (χ2n) is 2.71. The third kappa shape index (κ3) is 1.15. The van der Waals surface area contributed by atoms with Crippen molar-refractivity contribution in [3.8, 4) is 0 Å². The molecule has 0 saturated carbocycles. The number of ether oxygens (including phenoxy) is 1. The van der Waals surface area contributed by atoms with Gasteiger partial charge in [0.05, 0.1) is 12.6 Å². The van der Waals surface area contributed by atoms with Gasteiger partial charge in [-0.05, 0) is 6.42 Å². The highest BCUT2D eigenvalue weighted by atomic mass is 16.5. The van der Waals surface area contributed by atoms with Crippen molar-refractivity contribution in [3.63, 3.8) is 0 Å². The van der Waals surface area contributed by atoms with E-state index in [-0.39, 0.29) is 6.23 Å². The summed E-state index contributed by atoms with van der Waals surface area (Å²) in [5.41, 5.74) is 6.24. The average molecular weight is 143 g/mol. The summed E-state index contributed by atoms with van der Waals surface area (Å²) in [6.45, 7) is 2.89. The fraction of sp³-hybridized carbons (Fsp3) is 1.00. The van der Waals surface area contributed by atoms with Crippen molar-refractivity contribution in [2.45, 2.75) is 18.7 Å². The molecule has 2 aliphatic rings. The highest BCUT2D eigenvalue weighted by Gasteiger charge is 2.27. The number of hydrazine groups is 1. The van der Waals surface area contributed by atoms with Crippen LogP contribution in [0.4, 0.5) is 0 Å². The SMILES string of the molecule is C1CC(C2NCCO2)NN1. The first kappa shape index (κ1) is 6.54. The third-order valence-electron chi connectivity index (χ3n) is 1.98. The molecule has 2 saturated heterocycles. The lowest BCUT2D eigenvalue weighted by Gasteiger charge is -2.16. The molecule has 3 N–H and O–H groups in total. The van der Waals surface area contributed by atoms with Gasteiger partial charge >= 0.3 is 0 Å². The molecule has 2 fully saturated rings. The van der Waals surface area contributed by atoms with Gasteiger partial charge in [-0.1, -0.05) is 0 Å². The monoisotopic (exact) mass is 143 g/mol. The van der Waals surface area contributed by atoms with E-state index < -0.39 is 0 Å². The van der Waals surface area contributed by atoms with E-state index in [2.05, 4.69) is 16.2 Å².